The molecule has 4 aromatic carbocycles. The molecule has 0 saturated heterocycles. The van der Waals surface area contributed by atoms with E-state index in [1.54, 1.807) is 49.4 Å². The van der Waals surface area contributed by atoms with Crippen molar-refractivity contribution in [3.8, 4) is 0 Å². The molecule has 0 aromatic heterocycles. The second kappa shape index (κ2) is 14.8. The molecule has 1 N–H and O–H groups in total. The molecule has 0 saturated carbocycles. The van der Waals surface area contributed by atoms with Crippen LogP contribution in [0.25, 0.3) is 0 Å². The van der Waals surface area contributed by atoms with Gasteiger partial charge in [0.05, 0.1) is 15.6 Å². The number of anilines is 1. The summed E-state index contributed by atoms with van der Waals surface area (Å²) in [5, 5.41) is 3.54. The summed E-state index contributed by atoms with van der Waals surface area (Å²) in [6.07, 6.45) is 0.187. The number of hydrogen-bond acceptors (Lipinski definition) is 4. The van der Waals surface area contributed by atoms with Gasteiger partial charge in [-0.25, -0.2) is 8.42 Å². The molecule has 0 bridgehead atoms. The monoisotopic (exact) mass is 657 g/mol. The number of benzene rings is 4. The minimum atomic E-state index is -4.30. The average Bonchev–Trinajstić information content (AvgIpc) is 3.00. The Bertz CT molecular complexity index is 1670. The quantitative estimate of drug-likeness (QED) is 0.185. The van der Waals surface area contributed by atoms with Gasteiger partial charge in [-0.1, -0.05) is 102 Å². The molecule has 7 nitrogen and oxygen atoms in total. The Labute approximate surface area is 267 Å². The zero-order valence-electron chi connectivity index (χ0n) is 23.3. The molecule has 0 radical (unpaired) electrons. The third kappa shape index (κ3) is 8.09. The standard InChI is InChI=1S/C32H30Cl3N3O4S/c1-2-36-32(40)30(19-23-11-5-3-6-12-23)37(21-24-13-9-10-16-27(24)34)31(39)22-38(29-20-25(33)17-18-28(29)35)43(41,42)26-14-7-4-8-15-26/h3-18,20,30H,2,19,21-22H2,1H3,(H,36,40)/t30-/m1/s1. The van der Waals surface area contributed by atoms with Gasteiger partial charge in [-0.15, -0.1) is 0 Å². The van der Waals surface area contributed by atoms with Crippen LogP contribution in [0.4, 0.5) is 5.69 Å². The molecule has 43 heavy (non-hydrogen) atoms. The summed E-state index contributed by atoms with van der Waals surface area (Å²) in [4.78, 5) is 29.2. The van der Waals surface area contributed by atoms with Gasteiger partial charge in [0.25, 0.3) is 10.0 Å². The fourth-order valence-electron chi connectivity index (χ4n) is 4.57. The van der Waals surface area contributed by atoms with Gasteiger partial charge < -0.3 is 10.2 Å². The highest BCUT2D eigenvalue weighted by atomic mass is 35.5. The van der Waals surface area contributed by atoms with Crippen LogP contribution >= 0.6 is 34.8 Å². The van der Waals surface area contributed by atoms with Crippen LogP contribution in [0, 0.1) is 0 Å². The first-order chi connectivity index (χ1) is 20.6. The van der Waals surface area contributed by atoms with Gasteiger partial charge in [-0.3, -0.25) is 13.9 Å². The number of nitrogens with zero attached hydrogens (tertiary/aromatic N) is 2. The summed E-state index contributed by atoms with van der Waals surface area (Å²) in [6.45, 7) is 1.42. The number of nitrogens with one attached hydrogen (secondary N) is 1. The second-order valence-corrected chi connectivity index (χ2v) is 12.7. The highest BCUT2D eigenvalue weighted by Gasteiger charge is 2.35. The van der Waals surface area contributed by atoms with Crippen molar-refractivity contribution in [2.24, 2.45) is 0 Å². The van der Waals surface area contributed by atoms with E-state index in [1.807, 2.05) is 30.3 Å². The van der Waals surface area contributed by atoms with E-state index in [-0.39, 0.29) is 39.5 Å². The van der Waals surface area contributed by atoms with Gasteiger partial charge in [0.2, 0.25) is 11.8 Å². The average molecular weight is 659 g/mol. The van der Waals surface area contributed by atoms with E-state index < -0.39 is 28.5 Å². The maximum atomic E-state index is 14.4. The van der Waals surface area contributed by atoms with Crippen molar-refractivity contribution in [3.63, 3.8) is 0 Å². The zero-order chi connectivity index (χ0) is 31.0. The van der Waals surface area contributed by atoms with Crippen molar-refractivity contribution in [2.75, 3.05) is 17.4 Å². The summed E-state index contributed by atoms with van der Waals surface area (Å²) >= 11 is 19.2. The lowest BCUT2D eigenvalue weighted by atomic mass is 10.0. The van der Waals surface area contributed by atoms with Crippen LogP contribution in [0.3, 0.4) is 0 Å². The molecule has 0 spiro atoms. The van der Waals surface area contributed by atoms with E-state index in [0.717, 1.165) is 9.87 Å². The smallest absolute Gasteiger partial charge is 0.264 e. The Balaban J connectivity index is 1.83. The number of rotatable bonds is 12. The van der Waals surface area contributed by atoms with E-state index >= 15 is 0 Å². The number of amides is 2. The summed E-state index contributed by atoms with van der Waals surface area (Å²) in [5.41, 5.74) is 1.45. The first-order valence-electron chi connectivity index (χ1n) is 13.5. The molecule has 0 heterocycles. The largest absolute Gasteiger partial charge is 0.355 e. The molecule has 4 rings (SSSR count). The molecule has 0 aliphatic heterocycles. The molecular formula is C32H30Cl3N3O4S. The van der Waals surface area contributed by atoms with Crippen molar-refractivity contribution >= 4 is 62.3 Å². The number of halogens is 3. The molecule has 0 fully saturated rings. The summed E-state index contributed by atoms with van der Waals surface area (Å²) in [5.74, 6) is -1.02. The van der Waals surface area contributed by atoms with Crippen LogP contribution in [0.1, 0.15) is 18.1 Å². The van der Waals surface area contributed by atoms with Crippen LogP contribution in [0.2, 0.25) is 15.1 Å². The Hall–Kier alpha value is -3.56. The lowest BCUT2D eigenvalue weighted by Crippen LogP contribution is -2.53. The minimum Gasteiger partial charge on any atom is -0.355 e. The Morgan fingerprint density at radius 2 is 1.44 bits per heavy atom. The number of carbonyl (C=O) groups excluding carboxylic acids is 2. The van der Waals surface area contributed by atoms with E-state index in [0.29, 0.717) is 17.1 Å². The van der Waals surface area contributed by atoms with Crippen LogP contribution in [-0.4, -0.2) is 44.3 Å². The van der Waals surface area contributed by atoms with Crippen molar-refractivity contribution in [3.05, 3.63) is 129 Å². The topological polar surface area (TPSA) is 86.8 Å². The maximum Gasteiger partial charge on any atom is 0.264 e. The van der Waals surface area contributed by atoms with E-state index in [2.05, 4.69) is 5.32 Å². The van der Waals surface area contributed by atoms with Crippen LogP contribution in [-0.2, 0) is 32.6 Å². The van der Waals surface area contributed by atoms with E-state index in [1.165, 1.54) is 35.2 Å². The molecule has 4 aromatic rings. The number of hydrogen-bond donors (Lipinski definition) is 1. The van der Waals surface area contributed by atoms with Gasteiger partial charge in [-0.05, 0) is 54.4 Å². The van der Waals surface area contributed by atoms with Crippen molar-refractivity contribution in [1.82, 2.24) is 10.2 Å². The highest BCUT2D eigenvalue weighted by Crippen LogP contribution is 2.33. The molecule has 224 valence electrons. The van der Waals surface area contributed by atoms with Crippen LogP contribution < -0.4 is 9.62 Å². The summed E-state index contributed by atoms with van der Waals surface area (Å²) in [7, 11) is -4.30. The molecule has 11 heteroatoms. The first kappa shape index (κ1) is 32.4. The van der Waals surface area contributed by atoms with Crippen LogP contribution in [0.15, 0.2) is 108 Å². The fourth-order valence-corrected chi connectivity index (χ4v) is 6.64. The van der Waals surface area contributed by atoms with Gasteiger partial charge in [0.15, 0.2) is 0 Å². The van der Waals surface area contributed by atoms with E-state index in [9.17, 15) is 18.0 Å². The predicted octanol–water partition coefficient (Wildman–Crippen LogP) is 6.62. The maximum absolute atomic E-state index is 14.4. The molecule has 2 amide bonds. The summed E-state index contributed by atoms with van der Waals surface area (Å²) < 4.78 is 29.0. The Morgan fingerprint density at radius 1 is 0.814 bits per heavy atom. The number of carbonyl (C=O) groups is 2. The SMILES string of the molecule is CCNC(=O)[C@@H](Cc1ccccc1)N(Cc1ccccc1Cl)C(=O)CN(c1cc(Cl)ccc1Cl)S(=O)(=O)c1ccccc1. The fraction of sp³-hybridized carbons (Fsp3) is 0.188. The van der Waals surface area contributed by atoms with Gasteiger partial charge >= 0.3 is 0 Å². The third-order valence-electron chi connectivity index (χ3n) is 6.71. The van der Waals surface area contributed by atoms with Gasteiger partial charge in [0, 0.05) is 29.6 Å². The lowest BCUT2D eigenvalue weighted by Gasteiger charge is -2.34. The second-order valence-electron chi connectivity index (χ2n) is 9.63. The summed E-state index contributed by atoms with van der Waals surface area (Å²) in [6, 6.07) is 27.4. The third-order valence-corrected chi connectivity index (χ3v) is 9.40. The lowest BCUT2D eigenvalue weighted by molar-refractivity contribution is -0.140. The predicted molar refractivity (Wildman–Crippen MR) is 172 cm³/mol. The Kier molecular flexibility index (Phi) is 11.1. The molecule has 0 unspecified atom stereocenters. The highest BCUT2D eigenvalue weighted by molar-refractivity contribution is 7.92. The normalized spacial score (nSPS) is 11.9. The van der Waals surface area contributed by atoms with E-state index in [4.69, 9.17) is 34.8 Å². The first-order valence-corrected chi connectivity index (χ1v) is 16.1. The Morgan fingerprint density at radius 3 is 2.09 bits per heavy atom. The van der Waals surface area contributed by atoms with Gasteiger partial charge in [-0.2, -0.15) is 0 Å². The zero-order valence-corrected chi connectivity index (χ0v) is 26.4. The van der Waals surface area contributed by atoms with Crippen molar-refractivity contribution in [2.45, 2.75) is 30.8 Å². The van der Waals surface area contributed by atoms with Gasteiger partial charge in [0.1, 0.15) is 12.6 Å². The molecule has 0 aliphatic carbocycles. The molecule has 0 aliphatic rings. The van der Waals surface area contributed by atoms with Crippen molar-refractivity contribution in [1.29, 1.82) is 0 Å². The molecule has 1 atom stereocenters. The minimum absolute atomic E-state index is 0.0293. The van der Waals surface area contributed by atoms with Crippen molar-refractivity contribution < 1.29 is 18.0 Å². The number of sulfonamides is 1. The molecular weight excluding hydrogens is 629 g/mol. The van der Waals surface area contributed by atoms with Crippen LogP contribution in [0.5, 0.6) is 0 Å². The number of likely N-dealkylation sites (N-methyl/N-ethyl adjacent to an activating group) is 1.